The summed E-state index contributed by atoms with van der Waals surface area (Å²) < 4.78 is 10.5. The van der Waals surface area contributed by atoms with E-state index in [-0.39, 0.29) is 12.5 Å². The molecule has 1 saturated heterocycles. The number of alkyl halides is 1. The monoisotopic (exact) mass is 253 g/mol. The number of nitrogens with zero attached hydrogens (tertiary/aromatic N) is 1. The molecule has 0 spiro atoms. The molecule has 2 heterocycles. The second-order valence-electron chi connectivity index (χ2n) is 4.38. The molecule has 0 bridgehead atoms. The van der Waals surface area contributed by atoms with Crippen LogP contribution >= 0.6 is 11.6 Å². The van der Waals surface area contributed by atoms with E-state index in [9.17, 15) is 4.79 Å². The molecule has 0 saturated carbocycles. The number of hydrogen-bond acceptors (Lipinski definition) is 3. The maximum absolute atomic E-state index is 11.5. The third-order valence-electron chi connectivity index (χ3n) is 3.22. The Morgan fingerprint density at radius 2 is 2.18 bits per heavy atom. The van der Waals surface area contributed by atoms with Crippen LogP contribution in [-0.2, 0) is 14.4 Å². The molecule has 1 fully saturated rings. The minimum Gasteiger partial charge on any atom is -0.482 e. The molecule has 0 radical (unpaired) electrons. The lowest BCUT2D eigenvalue weighted by Gasteiger charge is -2.37. The minimum atomic E-state index is -0.448. The number of fused-ring (bicyclic) bond motifs is 1. The fraction of sp³-hybridized carbons (Fsp3) is 0.417. The van der Waals surface area contributed by atoms with Crippen LogP contribution in [0.1, 0.15) is 5.56 Å². The summed E-state index contributed by atoms with van der Waals surface area (Å²) in [4.78, 5) is 12.7. The molecule has 2 aliphatic rings. The SMILES string of the molecule is CN1C(=O)COc2ccc(C3(Cl)COC3)cc21. The van der Waals surface area contributed by atoms with Crippen LogP contribution in [0.25, 0.3) is 0 Å². The van der Waals surface area contributed by atoms with E-state index < -0.39 is 4.87 Å². The summed E-state index contributed by atoms with van der Waals surface area (Å²) in [6.45, 7) is 1.11. The van der Waals surface area contributed by atoms with Crippen molar-refractivity contribution in [3.63, 3.8) is 0 Å². The summed E-state index contributed by atoms with van der Waals surface area (Å²) in [6, 6.07) is 5.69. The Morgan fingerprint density at radius 3 is 2.82 bits per heavy atom. The van der Waals surface area contributed by atoms with Gasteiger partial charge in [0.1, 0.15) is 10.6 Å². The maximum Gasteiger partial charge on any atom is 0.264 e. The van der Waals surface area contributed by atoms with Gasteiger partial charge in [0, 0.05) is 7.05 Å². The van der Waals surface area contributed by atoms with E-state index in [0.29, 0.717) is 13.2 Å². The Kier molecular flexibility index (Phi) is 2.31. The molecule has 17 heavy (non-hydrogen) atoms. The average Bonchev–Trinajstić information content (AvgIpc) is 2.31. The van der Waals surface area contributed by atoms with E-state index in [1.165, 1.54) is 0 Å². The molecule has 0 atom stereocenters. The van der Waals surface area contributed by atoms with Crippen LogP contribution in [0.5, 0.6) is 5.75 Å². The van der Waals surface area contributed by atoms with Crippen molar-refractivity contribution in [2.24, 2.45) is 0 Å². The number of ether oxygens (including phenoxy) is 2. The Bertz CT molecular complexity index is 485. The molecule has 1 aromatic carbocycles. The summed E-state index contributed by atoms with van der Waals surface area (Å²) in [5.41, 5.74) is 1.74. The first-order valence-corrected chi connectivity index (χ1v) is 5.78. The van der Waals surface area contributed by atoms with Crippen molar-refractivity contribution in [2.45, 2.75) is 4.87 Å². The lowest BCUT2D eigenvalue weighted by Crippen LogP contribution is -2.42. The van der Waals surface area contributed by atoms with Crippen molar-refractivity contribution in [1.29, 1.82) is 0 Å². The molecule has 0 unspecified atom stereocenters. The van der Waals surface area contributed by atoms with E-state index in [1.807, 2.05) is 18.2 Å². The molecular formula is C12H12ClNO3. The predicted molar refractivity (Wildman–Crippen MR) is 63.7 cm³/mol. The van der Waals surface area contributed by atoms with Gasteiger partial charge >= 0.3 is 0 Å². The van der Waals surface area contributed by atoms with Gasteiger partial charge in [-0.15, -0.1) is 11.6 Å². The molecule has 1 aromatic rings. The topological polar surface area (TPSA) is 38.8 Å². The summed E-state index contributed by atoms with van der Waals surface area (Å²) in [5, 5.41) is 0. The zero-order chi connectivity index (χ0) is 12.0. The van der Waals surface area contributed by atoms with Crippen molar-refractivity contribution in [3.8, 4) is 5.75 Å². The molecule has 1 amide bonds. The van der Waals surface area contributed by atoms with E-state index in [0.717, 1.165) is 17.0 Å². The molecule has 4 nitrogen and oxygen atoms in total. The molecule has 0 N–H and O–H groups in total. The molecule has 5 heteroatoms. The third-order valence-corrected chi connectivity index (χ3v) is 3.66. The molecular weight excluding hydrogens is 242 g/mol. The quantitative estimate of drug-likeness (QED) is 0.712. The highest BCUT2D eigenvalue weighted by atomic mass is 35.5. The number of benzene rings is 1. The number of anilines is 1. The van der Waals surface area contributed by atoms with Gasteiger partial charge in [-0.25, -0.2) is 0 Å². The highest BCUT2D eigenvalue weighted by molar-refractivity contribution is 6.24. The number of carbonyl (C=O) groups excluding carboxylic acids is 1. The van der Waals surface area contributed by atoms with Crippen LogP contribution in [0.2, 0.25) is 0 Å². The molecule has 90 valence electrons. The van der Waals surface area contributed by atoms with Crippen molar-refractivity contribution < 1.29 is 14.3 Å². The highest BCUT2D eigenvalue weighted by Crippen LogP contribution is 2.41. The number of rotatable bonds is 1. The van der Waals surface area contributed by atoms with E-state index in [4.69, 9.17) is 21.1 Å². The second-order valence-corrected chi connectivity index (χ2v) is 5.11. The lowest BCUT2D eigenvalue weighted by atomic mass is 9.95. The largest absolute Gasteiger partial charge is 0.482 e. The Morgan fingerprint density at radius 1 is 1.41 bits per heavy atom. The van der Waals surface area contributed by atoms with Gasteiger partial charge in [-0.2, -0.15) is 0 Å². The van der Waals surface area contributed by atoms with Crippen molar-refractivity contribution in [3.05, 3.63) is 23.8 Å². The fourth-order valence-electron chi connectivity index (χ4n) is 2.00. The van der Waals surface area contributed by atoms with Gasteiger partial charge in [0.25, 0.3) is 5.91 Å². The van der Waals surface area contributed by atoms with Crippen molar-refractivity contribution >= 4 is 23.2 Å². The standard InChI is InChI=1S/C12H12ClNO3/c1-14-9-4-8(12(13)6-16-7-12)2-3-10(9)17-5-11(14)15/h2-4H,5-7H2,1H3. The molecule has 0 aliphatic carbocycles. The van der Waals surface area contributed by atoms with Crippen molar-refractivity contribution in [1.82, 2.24) is 0 Å². The zero-order valence-corrected chi connectivity index (χ0v) is 10.2. The minimum absolute atomic E-state index is 0.0527. The Hall–Kier alpha value is -1.26. The lowest BCUT2D eigenvalue weighted by molar-refractivity contribution is -0.120. The number of likely N-dealkylation sites (N-methyl/N-ethyl adjacent to an activating group) is 1. The van der Waals surface area contributed by atoms with Crippen LogP contribution < -0.4 is 9.64 Å². The van der Waals surface area contributed by atoms with Gasteiger partial charge < -0.3 is 14.4 Å². The van der Waals surface area contributed by atoms with Crippen LogP contribution in [-0.4, -0.2) is 32.8 Å². The van der Waals surface area contributed by atoms with E-state index >= 15 is 0 Å². The first-order valence-electron chi connectivity index (χ1n) is 5.41. The predicted octanol–water partition coefficient (Wildman–Crippen LogP) is 1.51. The first-order chi connectivity index (χ1) is 8.10. The third kappa shape index (κ3) is 1.59. The summed E-state index contributed by atoms with van der Waals surface area (Å²) in [6.07, 6.45) is 0. The fourth-order valence-corrected chi connectivity index (χ4v) is 2.27. The van der Waals surface area contributed by atoms with E-state index in [1.54, 1.807) is 11.9 Å². The smallest absolute Gasteiger partial charge is 0.264 e. The van der Waals surface area contributed by atoms with Crippen LogP contribution in [0.15, 0.2) is 18.2 Å². The average molecular weight is 254 g/mol. The number of amides is 1. The maximum atomic E-state index is 11.5. The normalized spacial score (nSPS) is 21.5. The van der Waals surface area contributed by atoms with Crippen LogP contribution in [0.3, 0.4) is 0 Å². The molecule has 2 aliphatic heterocycles. The van der Waals surface area contributed by atoms with Crippen LogP contribution in [0, 0.1) is 0 Å². The second kappa shape index (κ2) is 3.62. The number of halogens is 1. The first kappa shape index (κ1) is 10.9. The van der Waals surface area contributed by atoms with E-state index in [2.05, 4.69) is 0 Å². The Balaban J connectivity index is 2.03. The van der Waals surface area contributed by atoms with Gasteiger partial charge in [-0.1, -0.05) is 6.07 Å². The van der Waals surface area contributed by atoms with Crippen LogP contribution in [0.4, 0.5) is 5.69 Å². The molecule has 0 aromatic heterocycles. The number of hydrogen-bond donors (Lipinski definition) is 0. The van der Waals surface area contributed by atoms with Gasteiger partial charge in [0.2, 0.25) is 0 Å². The van der Waals surface area contributed by atoms with Crippen molar-refractivity contribution in [2.75, 3.05) is 31.8 Å². The zero-order valence-electron chi connectivity index (χ0n) is 9.40. The summed E-state index contributed by atoms with van der Waals surface area (Å²) in [5.74, 6) is 0.666. The number of carbonyl (C=O) groups is 1. The van der Waals surface area contributed by atoms with Gasteiger partial charge in [0.05, 0.1) is 18.9 Å². The molecule has 3 rings (SSSR count). The summed E-state index contributed by atoms with van der Waals surface area (Å²) >= 11 is 6.39. The van der Waals surface area contributed by atoms with Gasteiger partial charge in [-0.05, 0) is 17.7 Å². The highest BCUT2D eigenvalue weighted by Gasteiger charge is 2.39. The van der Waals surface area contributed by atoms with Gasteiger partial charge in [-0.3, -0.25) is 4.79 Å². The van der Waals surface area contributed by atoms with Gasteiger partial charge in [0.15, 0.2) is 6.61 Å². The Labute approximate surface area is 104 Å². The summed E-state index contributed by atoms with van der Waals surface area (Å²) in [7, 11) is 1.74.